The molecule has 2 rings (SSSR count). The van der Waals surface area contributed by atoms with Gasteiger partial charge in [0.1, 0.15) is 0 Å². The summed E-state index contributed by atoms with van der Waals surface area (Å²) in [4.78, 5) is 24.1. The van der Waals surface area contributed by atoms with E-state index in [-0.39, 0.29) is 10.8 Å². The molecular formula is C19H28N2O5S. The van der Waals surface area contributed by atoms with E-state index < -0.39 is 33.5 Å². The maximum atomic E-state index is 12.5. The van der Waals surface area contributed by atoms with Crippen LogP contribution < -0.4 is 10.0 Å². The van der Waals surface area contributed by atoms with Crippen LogP contribution in [0.2, 0.25) is 0 Å². The summed E-state index contributed by atoms with van der Waals surface area (Å²) >= 11 is 0. The van der Waals surface area contributed by atoms with Crippen LogP contribution in [0.15, 0.2) is 29.2 Å². The Hall–Kier alpha value is -1.93. The van der Waals surface area contributed by atoms with Crippen molar-refractivity contribution in [3.63, 3.8) is 0 Å². The summed E-state index contributed by atoms with van der Waals surface area (Å²) in [7, 11) is -3.67. The van der Waals surface area contributed by atoms with Crippen LogP contribution in [0.4, 0.5) is 0 Å². The number of amides is 1. The molecule has 0 spiro atoms. The summed E-state index contributed by atoms with van der Waals surface area (Å²) in [6.45, 7) is 5.24. The van der Waals surface area contributed by atoms with E-state index in [9.17, 15) is 23.1 Å². The van der Waals surface area contributed by atoms with Gasteiger partial charge >= 0.3 is 5.97 Å². The Morgan fingerprint density at radius 1 is 1.04 bits per heavy atom. The molecule has 0 heterocycles. The summed E-state index contributed by atoms with van der Waals surface area (Å²) in [6, 6.07) is 5.23. The number of carboxylic acids is 1. The lowest BCUT2D eigenvalue weighted by Gasteiger charge is -2.23. The van der Waals surface area contributed by atoms with E-state index in [1.54, 1.807) is 20.8 Å². The minimum atomic E-state index is -3.67. The zero-order valence-corrected chi connectivity index (χ0v) is 16.8. The minimum Gasteiger partial charge on any atom is -0.481 e. The van der Waals surface area contributed by atoms with Gasteiger partial charge in [-0.15, -0.1) is 0 Å². The zero-order chi connectivity index (χ0) is 20.2. The third-order valence-electron chi connectivity index (χ3n) is 4.52. The van der Waals surface area contributed by atoms with Crippen LogP contribution in [0.25, 0.3) is 0 Å². The van der Waals surface area contributed by atoms with Gasteiger partial charge < -0.3 is 10.4 Å². The average molecular weight is 397 g/mol. The number of carbonyl (C=O) groups excluding carboxylic acids is 1. The fourth-order valence-corrected chi connectivity index (χ4v) is 4.69. The normalized spacial score (nSPS) is 21.3. The third-order valence-corrected chi connectivity index (χ3v) is 6.29. The number of aliphatic carboxylic acids is 1. The lowest BCUT2D eigenvalue weighted by molar-refractivity contribution is -0.142. The van der Waals surface area contributed by atoms with E-state index in [1.807, 2.05) is 0 Å². The molecule has 150 valence electrons. The fourth-order valence-electron chi connectivity index (χ4n) is 3.28. The Morgan fingerprint density at radius 2 is 1.63 bits per heavy atom. The van der Waals surface area contributed by atoms with Crippen LogP contribution in [-0.2, 0) is 14.8 Å². The number of carbonyl (C=O) groups is 2. The van der Waals surface area contributed by atoms with E-state index in [1.165, 1.54) is 24.3 Å². The van der Waals surface area contributed by atoms with Crippen LogP contribution in [-0.4, -0.2) is 37.0 Å². The molecule has 0 radical (unpaired) electrons. The van der Waals surface area contributed by atoms with Crippen molar-refractivity contribution < 1.29 is 23.1 Å². The van der Waals surface area contributed by atoms with Crippen LogP contribution >= 0.6 is 0 Å². The van der Waals surface area contributed by atoms with Crippen molar-refractivity contribution in [2.75, 3.05) is 0 Å². The molecule has 2 atom stereocenters. The highest BCUT2D eigenvalue weighted by Crippen LogP contribution is 2.24. The Balaban J connectivity index is 2.12. The molecule has 8 heteroatoms. The largest absolute Gasteiger partial charge is 0.481 e. The maximum Gasteiger partial charge on any atom is 0.308 e. The van der Waals surface area contributed by atoms with Crippen molar-refractivity contribution in [1.29, 1.82) is 0 Å². The molecule has 1 fully saturated rings. The first-order chi connectivity index (χ1) is 12.5. The number of hydrogen-bond acceptors (Lipinski definition) is 4. The Bertz CT molecular complexity index is 781. The van der Waals surface area contributed by atoms with Crippen molar-refractivity contribution in [2.24, 2.45) is 5.92 Å². The van der Waals surface area contributed by atoms with Crippen molar-refractivity contribution in [1.82, 2.24) is 10.0 Å². The van der Waals surface area contributed by atoms with E-state index in [2.05, 4.69) is 10.0 Å². The monoisotopic (exact) mass is 396 g/mol. The highest BCUT2D eigenvalue weighted by atomic mass is 32.2. The van der Waals surface area contributed by atoms with Gasteiger partial charge in [-0.1, -0.05) is 19.3 Å². The second kappa shape index (κ2) is 8.39. The summed E-state index contributed by atoms with van der Waals surface area (Å²) in [5, 5.41) is 12.2. The second-order valence-corrected chi connectivity index (χ2v) is 9.72. The van der Waals surface area contributed by atoms with E-state index in [0.717, 1.165) is 19.3 Å². The Morgan fingerprint density at radius 3 is 2.19 bits per heavy atom. The number of benzene rings is 1. The topological polar surface area (TPSA) is 113 Å². The molecule has 0 unspecified atom stereocenters. The quantitative estimate of drug-likeness (QED) is 0.662. The molecule has 1 aromatic rings. The van der Waals surface area contributed by atoms with E-state index in [0.29, 0.717) is 18.4 Å². The molecule has 0 bridgehead atoms. The average Bonchev–Trinajstić information content (AvgIpc) is 2.78. The van der Waals surface area contributed by atoms with Gasteiger partial charge in [0, 0.05) is 17.1 Å². The van der Waals surface area contributed by atoms with Crippen molar-refractivity contribution in [3.05, 3.63) is 29.8 Å². The van der Waals surface area contributed by atoms with Crippen LogP contribution in [0.3, 0.4) is 0 Å². The zero-order valence-electron chi connectivity index (χ0n) is 16.0. The highest BCUT2D eigenvalue weighted by molar-refractivity contribution is 7.89. The lowest BCUT2D eigenvalue weighted by Crippen LogP contribution is -2.43. The summed E-state index contributed by atoms with van der Waals surface area (Å²) < 4.78 is 27.2. The molecule has 27 heavy (non-hydrogen) atoms. The van der Waals surface area contributed by atoms with E-state index in [4.69, 9.17) is 0 Å². The minimum absolute atomic E-state index is 0.0758. The van der Waals surface area contributed by atoms with Crippen LogP contribution in [0, 0.1) is 5.92 Å². The summed E-state index contributed by atoms with van der Waals surface area (Å²) in [6.07, 6.45) is 3.87. The van der Waals surface area contributed by atoms with Gasteiger partial charge in [0.15, 0.2) is 0 Å². The Kier molecular flexibility index (Phi) is 6.64. The second-order valence-electron chi connectivity index (χ2n) is 8.04. The van der Waals surface area contributed by atoms with Gasteiger partial charge in [-0.2, -0.15) is 0 Å². The molecule has 1 saturated carbocycles. The van der Waals surface area contributed by atoms with Crippen LogP contribution in [0.5, 0.6) is 0 Å². The molecule has 1 amide bonds. The fraction of sp³-hybridized carbons (Fsp3) is 0.579. The molecule has 0 aliphatic heterocycles. The highest BCUT2D eigenvalue weighted by Gasteiger charge is 2.31. The van der Waals surface area contributed by atoms with Gasteiger partial charge in [0.05, 0.1) is 10.8 Å². The number of sulfonamides is 1. The van der Waals surface area contributed by atoms with Crippen LogP contribution in [0.1, 0.15) is 63.2 Å². The number of carboxylic acid groups (broad SMARTS) is 1. The predicted octanol–water partition coefficient (Wildman–Crippen LogP) is 2.53. The Labute approximate surface area is 160 Å². The maximum absolute atomic E-state index is 12.5. The smallest absolute Gasteiger partial charge is 0.308 e. The number of hydrogen-bond donors (Lipinski definition) is 3. The first kappa shape index (κ1) is 21.4. The van der Waals surface area contributed by atoms with Gasteiger partial charge in [0.2, 0.25) is 10.0 Å². The molecule has 7 nitrogen and oxygen atoms in total. The molecule has 3 N–H and O–H groups in total. The number of rotatable bonds is 5. The summed E-state index contributed by atoms with van der Waals surface area (Å²) in [5.74, 6) is -1.87. The van der Waals surface area contributed by atoms with Gasteiger partial charge in [0.25, 0.3) is 5.91 Å². The SMILES string of the molecule is CC(C)(C)NS(=O)(=O)c1ccc(C(=O)N[C@H]2CCCCC[C@H]2C(=O)O)cc1. The first-order valence-electron chi connectivity index (χ1n) is 9.17. The summed E-state index contributed by atoms with van der Waals surface area (Å²) in [5.41, 5.74) is -0.307. The van der Waals surface area contributed by atoms with Gasteiger partial charge in [-0.05, 0) is 57.9 Å². The molecule has 0 aromatic heterocycles. The molecule has 1 aromatic carbocycles. The lowest BCUT2D eigenvalue weighted by atomic mass is 9.94. The first-order valence-corrected chi connectivity index (χ1v) is 10.7. The molecule has 1 aliphatic rings. The predicted molar refractivity (Wildman–Crippen MR) is 102 cm³/mol. The number of nitrogens with one attached hydrogen (secondary N) is 2. The van der Waals surface area contributed by atoms with Gasteiger partial charge in [-0.3, -0.25) is 9.59 Å². The van der Waals surface area contributed by atoms with Crippen molar-refractivity contribution in [2.45, 2.75) is 69.4 Å². The van der Waals surface area contributed by atoms with Crippen molar-refractivity contribution in [3.8, 4) is 0 Å². The van der Waals surface area contributed by atoms with Gasteiger partial charge in [-0.25, -0.2) is 13.1 Å². The molecule has 0 saturated heterocycles. The third kappa shape index (κ3) is 6.04. The van der Waals surface area contributed by atoms with E-state index >= 15 is 0 Å². The molecule has 1 aliphatic carbocycles. The molecular weight excluding hydrogens is 368 g/mol. The standard InChI is InChI=1S/C19H28N2O5S/c1-19(2,3)21-27(25,26)14-11-9-13(10-12-14)17(22)20-16-8-6-4-5-7-15(16)18(23)24/h9-12,15-16,21H,4-8H2,1-3H3,(H,20,22)(H,23,24)/t15-,16+/m1/s1. The van der Waals surface area contributed by atoms with Crippen molar-refractivity contribution >= 4 is 21.9 Å².